The molecule has 17 heavy (non-hydrogen) atoms. The number of thioether (sulfide) groups is 1. The average molecular weight is 249 g/mol. The molecule has 0 spiro atoms. The minimum absolute atomic E-state index is 0.733. The monoisotopic (exact) mass is 249 g/mol. The highest BCUT2D eigenvalue weighted by Gasteiger charge is 2.31. The highest BCUT2D eigenvalue weighted by molar-refractivity contribution is 7.99. The number of nitrogens with one attached hydrogen (secondary N) is 1. The van der Waals surface area contributed by atoms with Gasteiger partial charge in [-0.3, -0.25) is 0 Å². The van der Waals surface area contributed by atoms with E-state index in [0.717, 1.165) is 24.1 Å². The molecule has 0 saturated carbocycles. The summed E-state index contributed by atoms with van der Waals surface area (Å²) in [5.41, 5.74) is 2.71. The zero-order valence-electron chi connectivity index (χ0n) is 10.2. The van der Waals surface area contributed by atoms with E-state index in [1.165, 1.54) is 35.6 Å². The molecule has 3 rings (SSSR count). The second-order valence-electron chi connectivity index (χ2n) is 4.87. The third-order valence-corrected chi connectivity index (χ3v) is 5.16. The molecule has 0 aromatic heterocycles. The van der Waals surface area contributed by atoms with Crippen molar-refractivity contribution >= 4 is 17.4 Å². The van der Waals surface area contributed by atoms with Gasteiger partial charge in [0, 0.05) is 6.54 Å². The Morgan fingerprint density at radius 3 is 3.06 bits per heavy atom. The van der Waals surface area contributed by atoms with Crippen LogP contribution in [0.5, 0.6) is 5.75 Å². The molecule has 0 bridgehead atoms. The number of para-hydroxylation sites is 1. The summed E-state index contributed by atoms with van der Waals surface area (Å²) in [6.45, 7) is 1.08. The van der Waals surface area contributed by atoms with E-state index in [0.29, 0.717) is 0 Å². The first kappa shape index (κ1) is 11.3. The van der Waals surface area contributed by atoms with E-state index in [2.05, 4.69) is 35.3 Å². The van der Waals surface area contributed by atoms with E-state index in [-0.39, 0.29) is 0 Å². The average Bonchev–Trinajstić information content (AvgIpc) is 2.91. The molecule has 1 aromatic carbocycles. The fraction of sp³-hybridized carbons (Fsp3) is 0.571. The molecule has 3 heteroatoms. The van der Waals surface area contributed by atoms with Crippen molar-refractivity contribution in [2.24, 2.45) is 5.92 Å². The van der Waals surface area contributed by atoms with Gasteiger partial charge in [0.05, 0.1) is 12.8 Å². The van der Waals surface area contributed by atoms with Crippen LogP contribution in [0.2, 0.25) is 0 Å². The summed E-state index contributed by atoms with van der Waals surface area (Å²) >= 11 is 2.11. The second kappa shape index (κ2) is 4.81. The van der Waals surface area contributed by atoms with E-state index < -0.39 is 0 Å². The molecular formula is C14H19NOS. The minimum Gasteiger partial charge on any atom is -0.495 e. The van der Waals surface area contributed by atoms with Gasteiger partial charge in [-0.05, 0) is 47.8 Å². The van der Waals surface area contributed by atoms with Gasteiger partial charge in [0.2, 0.25) is 0 Å². The summed E-state index contributed by atoms with van der Waals surface area (Å²) in [7, 11) is 1.76. The molecule has 1 fully saturated rings. The van der Waals surface area contributed by atoms with Crippen molar-refractivity contribution in [2.45, 2.75) is 18.8 Å². The van der Waals surface area contributed by atoms with Crippen LogP contribution >= 0.6 is 11.8 Å². The van der Waals surface area contributed by atoms with Gasteiger partial charge in [0.1, 0.15) is 5.75 Å². The Balaban J connectivity index is 1.95. The van der Waals surface area contributed by atoms with Crippen molar-refractivity contribution in [3.05, 3.63) is 23.8 Å². The van der Waals surface area contributed by atoms with Gasteiger partial charge < -0.3 is 10.1 Å². The number of fused-ring (bicyclic) bond motifs is 1. The maximum Gasteiger partial charge on any atom is 0.142 e. The summed E-state index contributed by atoms with van der Waals surface area (Å²) in [5.74, 6) is 5.28. The van der Waals surface area contributed by atoms with Crippen LogP contribution in [0.4, 0.5) is 5.69 Å². The Morgan fingerprint density at radius 1 is 1.35 bits per heavy atom. The van der Waals surface area contributed by atoms with Crippen LogP contribution in [0.1, 0.15) is 24.3 Å². The zero-order valence-corrected chi connectivity index (χ0v) is 11.1. The SMILES string of the molecule is COc1cccc2c1NCCC2C1CCSC1. The highest BCUT2D eigenvalue weighted by Crippen LogP contribution is 2.45. The van der Waals surface area contributed by atoms with Gasteiger partial charge in [-0.25, -0.2) is 0 Å². The quantitative estimate of drug-likeness (QED) is 0.868. The lowest BCUT2D eigenvalue weighted by atomic mass is 9.80. The Morgan fingerprint density at radius 2 is 2.29 bits per heavy atom. The highest BCUT2D eigenvalue weighted by atomic mass is 32.2. The van der Waals surface area contributed by atoms with Crippen LogP contribution in [0.25, 0.3) is 0 Å². The largest absolute Gasteiger partial charge is 0.495 e. The topological polar surface area (TPSA) is 21.3 Å². The number of hydrogen-bond donors (Lipinski definition) is 1. The fourth-order valence-corrected chi connectivity index (χ4v) is 4.42. The number of ether oxygens (including phenoxy) is 1. The fourth-order valence-electron chi connectivity index (χ4n) is 3.08. The Bertz CT molecular complexity index is 401. The molecule has 0 radical (unpaired) electrons. The number of benzene rings is 1. The molecule has 0 aliphatic carbocycles. The molecular weight excluding hydrogens is 230 g/mol. The molecule has 92 valence electrons. The molecule has 2 nitrogen and oxygen atoms in total. The molecule has 2 aliphatic heterocycles. The van der Waals surface area contributed by atoms with Crippen LogP contribution in [-0.4, -0.2) is 25.2 Å². The number of rotatable bonds is 2. The standard InChI is InChI=1S/C14H19NOS/c1-16-13-4-2-3-12-11(5-7-15-14(12)13)10-6-8-17-9-10/h2-4,10-11,15H,5-9H2,1H3. The normalized spacial score (nSPS) is 27.4. The smallest absolute Gasteiger partial charge is 0.142 e. The van der Waals surface area contributed by atoms with E-state index in [1.807, 2.05) is 0 Å². The van der Waals surface area contributed by atoms with E-state index >= 15 is 0 Å². The molecule has 2 heterocycles. The lowest BCUT2D eigenvalue weighted by molar-refractivity contribution is 0.407. The van der Waals surface area contributed by atoms with Crippen LogP contribution < -0.4 is 10.1 Å². The molecule has 1 saturated heterocycles. The number of methoxy groups -OCH3 is 1. The maximum absolute atomic E-state index is 5.46. The van der Waals surface area contributed by atoms with Gasteiger partial charge in [0.15, 0.2) is 0 Å². The molecule has 2 atom stereocenters. The minimum atomic E-state index is 0.733. The number of hydrogen-bond acceptors (Lipinski definition) is 3. The summed E-state index contributed by atoms with van der Waals surface area (Å²) in [4.78, 5) is 0. The second-order valence-corrected chi connectivity index (χ2v) is 6.02. The van der Waals surface area contributed by atoms with Crippen LogP contribution in [0.15, 0.2) is 18.2 Å². The maximum atomic E-state index is 5.46. The Kier molecular flexibility index (Phi) is 3.19. The van der Waals surface area contributed by atoms with Gasteiger partial charge in [-0.1, -0.05) is 12.1 Å². The van der Waals surface area contributed by atoms with Crippen molar-refractivity contribution in [3.8, 4) is 5.75 Å². The van der Waals surface area contributed by atoms with Crippen molar-refractivity contribution in [1.29, 1.82) is 0 Å². The van der Waals surface area contributed by atoms with Gasteiger partial charge in [-0.15, -0.1) is 0 Å². The van der Waals surface area contributed by atoms with Crippen LogP contribution in [0, 0.1) is 5.92 Å². The molecule has 2 aliphatic rings. The third kappa shape index (κ3) is 2.01. The molecule has 0 amide bonds. The predicted molar refractivity (Wildman–Crippen MR) is 74.3 cm³/mol. The molecule has 1 aromatic rings. The van der Waals surface area contributed by atoms with Gasteiger partial charge in [-0.2, -0.15) is 11.8 Å². The third-order valence-electron chi connectivity index (χ3n) is 3.97. The molecule has 1 N–H and O–H groups in total. The van der Waals surface area contributed by atoms with Gasteiger partial charge >= 0.3 is 0 Å². The summed E-state index contributed by atoms with van der Waals surface area (Å²) < 4.78 is 5.46. The Hall–Kier alpha value is -0.830. The van der Waals surface area contributed by atoms with Gasteiger partial charge in [0.25, 0.3) is 0 Å². The lowest BCUT2D eigenvalue weighted by Crippen LogP contribution is -2.23. The first-order valence-electron chi connectivity index (χ1n) is 6.38. The van der Waals surface area contributed by atoms with Crippen molar-refractivity contribution < 1.29 is 4.74 Å². The summed E-state index contributed by atoms with van der Waals surface area (Å²) in [6.07, 6.45) is 2.65. The van der Waals surface area contributed by atoms with E-state index in [1.54, 1.807) is 7.11 Å². The lowest BCUT2D eigenvalue weighted by Gasteiger charge is -2.31. The summed E-state index contributed by atoms with van der Waals surface area (Å²) in [6, 6.07) is 6.45. The van der Waals surface area contributed by atoms with Crippen molar-refractivity contribution in [2.75, 3.05) is 30.5 Å². The predicted octanol–water partition coefficient (Wildman–Crippen LogP) is 3.35. The van der Waals surface area contributed by atoms with Crippen LogP contribution in [-0.2, 0) is 0 Å². The zero-order chi connectivity index (χ0) is 11.7. The number of anilines is 1. The van der Waals surface area contributed by atoms with Crippen molar-refractivity contribution in [1.82, 2.24) is 0 Å². The molecule has 2 unspecified atom stereocenters. The first-order chi connectivity index (χ1) is 8.40. The van der Waals surface area contributed by atoms with Crippen LogP contribution in [0.3, 0.4) is 0 Å². The Labute approximate surface area is 107 Å². The van der Waals surface area contributed by atoms with Crippen molar-refractivity contribution in [3.63, 3.8) is 0 Å². The van der Waals surface area contributed by atoms with E-state index in [4.69, 9.17) is 4.74 Å². The summed E-state index contributed by atoms with van der Waals surface area (Å²) in [5, 5.41) is 3.50. The first-order valence-corrected chi connectivity index (χ1v) is 7.54. The van der Waals surface area contributed by atoms with E-state index in [9.17, 15) is 0 Å².